The molecule has 0 spiro atoms. The van der Waals surface area contributed by atoms with Crippen LogP contribution in [-0.4, -0.2) is 94.0 Å². The van der Waals surface area contributed by atoms with Crippen molar-refractivity contribution in [1.82, 2.24) is 54.8 Å². The van der Waals surface area contributed by atoms with Crippen LogP contribution in [0.5, 0.6) is 5.75 Å². The van der Waals surface area contributed by atoms with E-state index in [2.05, 4.69) is 52.9 Å². The lowest BCUT2D eigenvalue weighted by molar-refractivity contribution is -0.116. The second-order valence-corrected chi connectivity index (χ2v) is 15.8. The molecule has 2 radical (unpaired) electrons. The molecule has 1 saturated heterocycles. The molecule has 16 nitrogen and oxygen atoms in total. The Labute approximate surface area is 350 Å². The number of aliphatic hydroxyl groups is 1. The van der Waals surface area contributed by atoms with Crippen LogP contribution in [0.2, 0.25) is 0 Å². The van der Waals surface area contributed by atoms with Gasteiger partial charge < -0.3 is 25.8 Å². The molecule has 0 saturated carbocycles. The fourth-order valence-corrected chi connectivity index (χ4v) is 8.07. The lowest BCUT2D eigenvalue weighted by Crippen LogP contribution is -2.50. The summed E-state index contributed by atoms with van der Waals surface area (Å²) in [5, 5.41) is 37.0. The first-order chi connectivity index (χ1) is 29.0. The normalized spacial score (nSPS) is 14.7. The average molecular weight is 828 g/mol. The van der Waals surface area contributed by atoms with Crippen molar-refractivity contribution in [3.63, 3.8) is 0 Å². The number of halogens is 1. The number of nitrogens with one attached hydrogen (secondary N) is 4. The van der Waals surface area contributed by atoms with Gasteiger partial charge in [-0.3, -0.25) is 14.8 Å². The number of carbonyl (C=O) groups excluding carboxylic acids is 1. The molecule has 0 aliphatic carbocycles. The van der Waals surface area contributed by atoms with Gasteiger partial charge in [-0.15, -0.1) is 5.10 Å². The number of H-pyrrole nitrogens is 1. The van der Waals surface area contributed by atoms with E-state index in [1.54, 1.807) is 48.5 Å². The van der Waals surface area contributed by atoms with Gasteiger partial charge >= 0.3 is 0 Å². The minimum atomic E-state index is -1.73. The number of benzene rings is 2. The summed E-state index contributed by atoms with van der Waals surface area (Å²) in [4.78, 5) is 29.7. The van der Waals surface area contributed by atoms with Crippen molar-refractivity contribution in [3.8, 4) is 17.0 Å². The number of anilines is 3. The molecular weight excluding hydrogens is 784 g/mol. The predicted molar refractivity (Wildman–Crippen MR) is 228 cm³/mol. The number of carbonyl (C=O) groups is 1. The Morgan fingerprint density at radius 3 is 2.70 bits per heavy atom. The maximum absolute atomic E-state index is 15.6. The minimum Gasteiger partial charge on any atom is -0.485 e. The van der Waals surface area contributed by atoms with Crippen LogP contribution >= 0.6 is 11.8 Å². The highest BCUT2D eigenvalue weighted by molar-refractivity contribution is 7.99. The Bertz CT molecular complexity index is 2660. The number of rotatable bonds is 15. The van der Waals surface area contributed by atoms with Crippen LogP contribution in [0.1, 0.15) is 50.3 Å². The molecular formula is C41H43BFN13O3S. The van der Waals surface area contributed by atoms with Crippen LogP contribution in [0.25, 0.3) is 27.9 Å². The number of hydrogen-bond acceptors (Lipinski definition) is 13. The number of nitrogens with zero attached hydrogens (tertiary/aromatic N) is 9. The van der Waals surface area contributed by atoms with Gasteiger partial charge in [0, 0.05) is 66.3 Å². The van der Waals surface area contributed by atoms with Crippen LogP contribution in [0, 0.1) is 5.82 Å². The van der Waals surface area contributed by atoms with Gasteiger partial charge in [0.2, 0.25) is 17.5 Å². The number of piperidine rings is 1. The Kier molecular flexibility index (Phi) is 11.5. The molecule has 1 aliphatic heterocycles. The summed E-state index contributed by atoms with van der Waals surface area (Å²) in [5.74, 6) is 0.569. The van der Waals surface area contributed by atoms with Crippen LogP contribution in [0.15, 0.2) is 95.9 Å². The van der Waals surface area contributed by atoms with Gasteiger partial charge in [0.05, 0.1) is 29.0 Å². The Hall–Kier alpha value is -6.31. The molecule has 19 heteroatoms. The smallest absolute Gasteiger partial charge is 0.247 e. The maximum Gasteiger partial charge on any atom is 0.247 e. The molecule has 306 valence electrons. The summed E-state index contributed by atoms with van der Waals surface area (Å²) < 4.78 is 24.8. The van der Waals surface area contributed by atoms with E-state index < -0.39 is 11.4 Å². The average Bonchev–Trinajstić information content (AvgIpc) is 3.99. The van der Waals surface area contributed by atoms with Gasteiger partial charge in [-0.25, -0.2) is 19.0 Å². The first-order valence-electron chi connectivity index (χ1n) is 19.5. The largest absolute Gasteiger partial charge is 0.485 e. The Morgan fingerprint density at radius 1 is 1.13 bits per heavy atom. The van der Waals surface area contributed by atoms with Crippen molar-refractivity contribution in [2.45, 2.75) is 60.5 Å². The highest BCUT2D eigenvalue weighted by Gasteiger charge is 2.34. The maximum atomic E-state index is 15.6. The zero-order valence-electron chi connectivity index (χ0n) is 33.3. The summed E-state index contributed by atoms with van der Waals surface area (Å²) >= 11 is 1.35. The van der Waals surface area contributed by atoms with Gasteiger partial charge in [-0.1, -0.05) is 30.5 Å². The van der Waals surface area contributed by atoms with E-state index in [1.165, 1.54) is 28.7 Å². The first kappa shape index (κ1) is 40.5. The molecule has 2 aromatic carbocycles. The monoisotopic (exact) mass is 827 g/mol. The van der Waals surface area contributed by atoms with Crippen LogP contribution in [0.4, 0.5) is 21.8 Å². The van der Waals surface area contributed by atoms with E-state index in [0.717, 1.165) is 34.4 Å². The predicted octanol–water partition coefficient (Wildman–Crippen LogP) is 5.83. The fraction of sp³-hybridized carbons (Fsp3) is 0.293. The third-order valence-corrected chi connectivity index (χ3v) is 11.1. The highest BCUT2D eigenvalue weighted by atomic mass is 32.2. The van der Waals surface area contributed by atoms with Crippen molar-refractivity contribution >= 4 is 59.6 Å². The van der Waals surface area contributed by atoms with Gasteiger partial charge in [0.15, 0.2) is 17.2 Å². The summed E-state index contributed by atoms with van der Waals surface area (Å²) in [6.45, 7) is 8.96. The van der Waals surface area contributed by atoms with E-state index in [0.29, 0.717) is 58.6 Å². The summed E-state index contributed by atoms with van der Waals surface area (Å²) in [7, 11) is 8.45. The van der Waals surface area contributed by atoms with E-state index in [-0.39, 0.29) is 36.0 Å². The van der Waals surface area contributed by atoms with Crippen molar-refractivity contribution < 1.29 is 19.0 Å². The molecule has 1 atom stereocenters. The SMILES string of the molecule is [B]C(O)(c1cccc(Sc2ccc(Nc3nc4c(OC(C)C)c(-c5cn[nH]c5)ncn4n3)c(F)c2)c1)N1CCC(c2ccc3c(NC(=O)CCNC=C)nn(C)c3n2)CC1. The minimum absolute atomic E-state index is 0.144. The second-order valence-electron chi connectivity index (χ2n) is 14.7. The molecule has 0 bridgehead atoms. The number of aromatic amines is 1. The van der Waals surface area contributed by atoms with Crippen LogP contribution < -0.4 is 20.7 Å². The fourth-order valence-electron chi connectivity index (χ4n) is 7.17. The van der Waals surface area contributed by atoms with Gasteiger partial charge in [-0.05, 0) is 80.9 Å². The Morgan fingerprint density at radius 2 is 1.95 bits per heavy atom. The number of pyridine rings is 1. The van der Waals surface area contributed by atoms with Crippen molar-refractivity contribution in [3.05, 3.63) is 103 Å². The quantitative estimate of drug-likeness (QED) is 0.0615. The number of hydrogen-bond donors (Lipinski definition) is 5. The standard InChI is InChI=1S/C41H43BFN13O3S/c1-5-44-16-13-34(57)50-37-30-10-12-32(48-38(30)54(4)52-37)25-14-17-55(18-15-25)41(42,58)27-7-6-8-28(19-27)60-29-9-11-33(31(43)20-29)49-40-51-39-36(59-24(2)3)35(26-21-46-47-22-26)45-23-56(39)53-40/h5-12,19-25,44,58H,1,13-18H2,2-4H3,(H,46,47)(H,49,53)(H,50,52,57). The van der Waals surface area contributed by atoms with Gasteiger partial charge in [-0.2, -0.15) is 19.7 Å². The van der Waals surface area contributed by atoms with Crippen LogP contribution in [0.3, 0.4) is 0 Å². The molecule has 7 aromatic rings. The molecule has 60 heavy (non-hydrogen) atoms. The second kappa shape index (κ2) is 17.1. The third kappa shape index (κ3) is 8.54. The molecule has 6 heterocycles. The molecule has 5 aromatic heterocycles. The van der Waals surface area contributed by atoms with Crippen LogP contribution in [-0.2, 0) is 17.5 Å². The molecule has 5 N–H and O–H groups in total. The highest BCUT2D eigenvalue weighted by Crippen LogP contribution is 2.37. The van der Waals surface area contributed by atoms with E-state index in [9.17, 15) is 9.90 Å². The number of amides is 1. The Balaban J connectivity index is 0.906. The number of ether oxygens (including phenoxy) is 1. The van der Waals surface area contributed by atoms with Crippen molar-refractivity contribution in [2.75, 3.05) is 30.3 Å². The number of fused-ring (bicyclic) bond motifs is 2. The topological polar surface area (TPSA) is 188 Å². The van der Waals surface area contributed by atoms with E-state index >= 15 is 4.39 Å². The zero-order valence-corrected chi connectivity index (χ0v) is 34.1. The van der Waals surface area contributed by atoms with E-state index in [1.807, 2.05) is 49.1 Å². The van der Waals surface area contributed by atoms with Gasteiger partial charge in [0.1, 0.15) is 25.7 Å². The lowest BCUT2D eigenvalue weighted by atomic mass is 9.80. The number of aryl methyl sites for hydroxylation is 1. The number of aromatic nitrogens is 9. The summed E-state index contributed by atoms with van der Waals surface area (Å²) in [5.41, 5.74) is 2.29. The van der Waals surface area contributed by atoms with Crippen molar-refractivity contribution in [2.24, 2.45) is 7.05 Å². The summed E-state index contributed by atoms with van der Waals surface area (Å²) in [6, 6.07) is 16.1. The zero-order chi connectivity index (χ0) is 42.0. The molecule has 8 rings (SSSR count). The van der Waals surface area contributed by atoms with Crippen molar-refractivity contribution in [1.29, 1.82) is 0 Å². The summed E-state index contributed by atoms with van der Waals surface area (Å²) in [6.07, 6.45) is 8.00. The third-order valence-electron chi connectivity index (χ3n) is 10.2. The molecule has 1 unspecified atom stereocenters. The lowest BCUT2D eigenvalue weighted by Gasteiger charge is -2.42. The first-order valence-corrected chi connectivity index (χ1v) is 20.3. The molecule has 1 aliphatic rings. The molecule has 1 amide bonds. The van der Waals surface area contributed by atoms with E-state index in [4.69, 9.17) is 17.6 Å². The van der Waals surface area contributed by atoms with Gasteiger partial charge in [0.25, 0.3) is 0 Å². The number of likely N-dealkylation sites (tertiary alicyclic amines) is 1. The molecule has 1 fully saturated rings.